The van der Waals surface area contributed by atoms with Crippen LogP contribution in [0.1, 0.15) is 26.7 Å². The topological polar surface area (TPSA) is 66.1 Å². The van der Waals surface area contributed by atoms with E-state index in [1.165, 1.54) is 12.8 Å². The van der Waals surface area contributed by atoms with Gasteiger partial charge in [0.05, 0.1) is 12.6 Å². The van der Waals surface area contributed by atoms with Crippen molar-refractivity contribution in [1.29, 1.82) is 0 Å². The number of aliphatic imine (C=N–C) groups is 1. The van der Waals surface area contributed by atoms with Gasteiger partial charge < -0.3 is 25.6 Å². The highest BCUT2D eigenvalue weighted by atomic mass is 127. The van der Waals surface area contributed by atoms with Crippen LogP contribution in [0.25, 0.3) is 0 Å². The number of rotatable bonds is 7. The van der Waals surface area contributed by atoms with Crippen molar-refractivity contribution in [2.75, 3.05) is 45.6 Å². The minimum absolute atomic E-state index is 0. The maximum absolute atomic E-state index is 5.98. The van der Waals surface area contributed by atoms with Crippen LogP contribution in [0.5, 0.6) is 5.75 Å². The number of guanidine groups is 1. The largest absolute Gasteiger partial charge is 0.491 e. The molecule has 26 heavy (non-hydrogen) atoms. The molecular weight excluding hydrogens is 441 g/mol. The van der Waals surface area contributed by atoms with Crippen LogP contribution in [0.3, 0.4) is 0 Å². The maximum Gasteiger partial charge on any atom is 0.193 e. The van der Waals surface area contributed by atoms with Crippen molar-refractivity contribution < 1.29 is 4.74 Å². The summed E-state index contributed by atoms with van der Waals surface area (Å²) >= 11 is 0. The molecule has 1 heterocycles. The molecule has 1 fully saturated rings. The molecule has 1 aromatic rings. The van der Waals surface area contributed by atoms with E-state index in [0.717, 1.165) is 37.6 Å². The second kappa shape index (κ2) is 11.6. The number of ether oxygens (including phenoxy) is 1. The molecule has 6 nitrogen and oxygen atoms in total. The molecule has 7 heteroatoms. The molecule has 1 aliphatic heterocycles. The molecule has 0 amide bonds. The minimum Gasteiger partial charge on any atom is -0.491 e. The van der Waals surface area contributed by atoms with Gasteiger partial charge in [-0.1, -0.05) is 0 Å². The van der Waals surface area contributed by atoms with Crippen molar-refractivity contribution in [2.45, 2.75) is 38.8 Å². The van der Waals surface area contributed by atoms with Gasteiger partial charge in [-0.05, 0) is 78.1 Å². The summed E-state index contributed by atoms with van der Waals surface area (Å²) in [7, 11) is 4.33. The van der Waals surface area contributed by atoms with Gasteiger partial charge >= 0.3 is 0 Å². The molecule has 0 spiro atoms. The van der Waals surface area contributed by atoms with Crippen LogP contribution < -0.4 is 15.8 Å². The molecule has 0 atom stereocenters. The first kappa shape index (κ1) is 23.0. The molecule has 3 N–H and O–H groups in total. The average molecular weight is 475 g/mol. The van der Waals surface area contributed by atoms with Gasteiger partial charge in [-0.15, -0.1) is 24.0 Å². The molecule has 1 saturated heterocycles. The van der Waals surface area contributed by atoms with E-state index < -0.39 is 0 Å². The van der Waals surface area contributed by atoms with Crippen molar-refractivity contribution in [3.63, 3.8) is 0 Å². The monoisotopic (exact) mass is 475 g/mol. The van der Waals surface area contributed by atoms with E-state index in [4.69, 9.17) is 10.5 Å². The Balaban J connectivity index is 0.00000338. The van der Waals surface area contributed by atoms with Crippen molar-refractivity contribution in [2.24, 2.45) is 10.7 Å². The van der Waals surface area contributed by atoms with Gasteiger partial charge in [-0.3, -0.25) is 4.99 Å². The van der Waals surface area contributed by atoms with Gasteiger partial charge in [0.15, 0.2) is 5.96 Å². The molecule has 2 rings (SSSR count). The first-order valence-corrected chi connectivity index (χ1v) is 9.16. The first-order valence-electron chi connectivity index (χ1n) is 9.16. The number of halogens is 1. The fourth-order valence-electron chi connectivity index (χ4n) is 3.05. The Labute approximate surface area is 175 Å². The summed E-state index contributed by atoms with van der Waals surface area (Å²) < 4.78 is 5.63. The quantitative estimate of drug-likeness (QED) is 0.361. The molecule has 0 saturated carbocycles. The molecule has 0 radical (unpaired) electrons. The van der Waals surface area contributed by atoms with Crippen LogP contribution in [0, 0.1) is 0 Å². The third-order valence-corrected chi connectivity index (χ3v) is 4.48. The summed E-state index contributed by atoms with van der Waals surface area (Å²) in [4.78, 5) is 9.23. The van der Waals surface area contributed by atoms with Gasteiger partial charge in [-0.25, -0.2) is 0 Å². The van der Waals surface area contributed by atoms with E-state index in [2.05, 4.69) is 34.2 Å². The van der Waals surface area contributed by atoms with Gasteiger partial charge in [0.25, 0.3) is 0 Å². The zero-order chi connectivity index (χ0) is 18.2. The number of anilines is 1. The molecule has 148 valence electrons. The van der Waals surface area contributed by atoms with Crippen LogP contribution in [0.2, 0.25) is 0 Å². The Morgan fingerprint density at radius 2 is 1.88 bits per heavy atom. The predicted molar refractivity (Wildman–Crippen MR) is 121 cm³/mol. The fraction of sp³-hybridized carbons (Fsp3) is 0.632. The minimum atomic E-state index is 0. The SMILES string of the molecule is CC(C)Oc1ccc(NC(N)=NCCN2CCC(N(C)C)CC2)cc1.I. The summed E-state index contributed by atoms with van der Waals surface area (Å²) in [6.07, 6.45) is 2.64. The predicted octanol–water partition coefficient (Wildman–Crippen LogP) is 2.84. The maximum atomic E-state index is 5.98. The van der Waals surface area contributed by atoms with Crippen LogP contribution in [0.15, 0.2) is 29.3 Å². The smallest absolute Gasteiger partial charge is 0.193 e. The molecule has 0 aliphatic carbocycles. The average Bonchev–Trinajstić information content (AvgIpc) is 2.56. The van der Waals surface area contributed by atoms with E-state index in [1.54, 1.807) is 0 Å². The highest BCUT2D eigenvalue weighted by Crippen LogP contribution is 2.17. The number of nitrogens with two attached hydrogens (primary N) is 1. The summed E-state index contributed by atoms with van der Waals surface area (Å²) in [5, 5.41) is 3.13. The van der Waals surface area contributed by atoms with Crippen molar-refractivity contribution in [3.8, 4) is 5.75 Å². The lowest BCUT2D eigenvalue weighted by Crippen LogP contribution is -2.42. The van der Waals surface area contributed by atoms with Gasteiger partial charge in [0, 0.05) is 18.3 Å². The zero-order valence-electron chi connectivity index (χ0n) is 16.4. The Kier molecular flexibility index (Phi) is 10.3. The molecule has 0 unspecified atom stereocenters. The number of piperidine rings is 1. The van der Waals surface area contributed by atoms with Crippen molar-refractivity contribution >= 4 is 35.6 Å². The Morgan fingerprint density at radius 1 is 1.27 bits per heavy atom. The molecule has 1 aromatic carbocycles. The first-order chi connectivity index (χ1) is 11.9. The number of hydrogen-bond acceptors (Lipinski definition) is 4. The summed E-state index contributed by atoms with van der Waals surface area (Å²) in [6, 6.07) is 8.49. The number of likely N-dealkylation sites (tertiary alicyclic amines) is 1. The Morgan fingerprint density at radius 3 is 2.42 bits per heavy atom. The Bertz CT molecular complexity index is 539. The summed E-state index contributed by atoms with van der Waals surface area (Å²) in [5.41, 5.74) is 6.90. The number of nitrogens with one attached hydrogen (secondary N) is 1. The number of benzene rings is 1. The van der Waals surface area contributed by atoms with Gasteiger partial charge in [0.1, 0.15) is 5.75 Å². The molecular formula is C19H34IN5O. The third kappa shape index (κ3) is 8.09. The van der Waals surface area contributed by atoms with Crippen LogP contribution in [-0.2, 0) is 0 Å². The van der Waals surface area contributed by atoms with E-state index in [-0.39, 0.29) is 30.1 Å². The molecule has 1 aliphatic rings. The highest BCUT2D eigenvalue weighted by molar-refractivity contribution is 14.0. The fourth-order valence-corrected chi connectivity index (χ4v) is 3.05. The van der Waals surface area contributed by atoms with Crippen molar-refractivity contribution in [3.05, 3.63) is 24.3 Å². The normalized spacial score (nSPS) is 16.6. The summed E-state index contributed by atoms with van der Waals surface area (Å²) in [6.45, 7) is 8.00. The van der Waals surface area contributed by atoms with Gasteiger partial charge in [0.2, 0.25) is 0 Å². The number of nitrogens with zero attached hydrogens (tertiary/aromatic N) is 3. The van der Waals surface area contributed by atoms with E-state index in [1.807, 2.05) is 38.1 Å². The lowest BCUT2D eigenvalue weighted by atomic mass is 10.0. The third-order valence-electron chi connectivity index (χ3n) is 4.48. The second-order valence-corrected chi connectivity index (χ2v) is 7.12. The standard InChI is InChI=1S/C19H33N5O.HI/c1-15(2)25-18-7-5-16(6-8-18)22-19(20)21-11-14-24-12-9-17(10-13-24)23(3)4;/h5-8,15,17H,9-14H2,1-4H3,(H3,20,21,22);1H. The summed E-state index contributed by atoms with van der Waals surface area (Å²) in [5.74, 6) is 1.32. The second-order valence-electron chi connectivity index (χ2n) is 7.12. The highest BCUT2D eigenvalue weighted by Gasteiger charge is 2.19. The van der Waals surface area contributed by atoms with E-state index in [9.17, 15) is 0 Å². The molecule has 0 aromatic heterocycles. The van der Waals surface area contributed by atoms with Crippen molar-refractivity contribution in [1.82, 2.24) is 9.80 Å². The lowest BCUT2D eigenvalue weighted by molar-refractivity contribution is 0.148. The Hall–Kier alpha value is -1.06. The zero-order valence-corrected chi connectivity index (χ0v) is 18.8. The van der Waals surface area contributed by atoms with Crippen LogP contribution >= 0.6 is 24.0 Å². The van der Waals surface area contributed by atoms with E-state index >= 15 is 0 Å². The van der Waals surface area contributed by atoms with E-state index in [0.29, 0.717) is 12.0 Å². The lowest BCUT2D eigenvalue weighted by Gasteiger charge is -2.34. The van der Waals surface area contributed by atoms with Gasteiger partial charge in [-0.2, -0.15) is 0 Å². The van der Waals surface area contributed by atoms with Crippen LogP contribution in [-0.4, -0.2) is 68.2 Å². The van der Waals surface area contributed by atoms with Crippen LogP contribution in [0.4, 0.5) is 5.69 Å². The molecule has 0 bridgehead atoms. The number of hydrogen-bond donors (Lipinski definition) is 2.